The maximum Gasteiger partial charge on any atom is 0.160 e. The Labute approximate surface area is 609 Å². The van der Waals surface area contributed by atoms with E-state index in [9.17, 15) is 0 Å². The van der Waals surface area contributed by atoms with Gasteiger partial charge in [-0.05, 0) is 204 Å². The van der Waals surface area contributed by atoms with Crippen molar-refractivity contribution < 1.29 is 0 Å². The summed E-state index contributed by atoms with van der Waals surface area (Å²) in [6.07, 6.45) is 0. The van der Waals surface area contributed by atoms with Crippen LogP contribution in [0.25, 0.3) is 183 Å². The Balaban J connectivity index is 0.668. The first-order valence-electron chi connectivity index (χ1n) is 36.5. The number of rotatable bonds is 10. The molecule has 4 aromatic heterocycles. The zero-order valence-electron chi connectivity index (χ0n) is 58.6. The molecule has 4 heterocycles. The fourth-order valence-electron chi connectivity index (χ4n) is 17.7. The molecule has 0 amide bonds. The Bertz CT molecular complexity index is 6680. The number of nitrogens with zero attached hydrogens (tertiary/aromatic N) is 5. The molecule has 0 saturated heterocycles. The lowest BCUT2D eigenvalue weighted by Crippen LogP contribution is -2.15. The summed E-state index contributed by atoms with van der Waals surface area (Å²) in [6, 6.07) is 128. The molecule has 2 aliphatic rings. The van der Waals surface area contributed by atoms with Gasteiger partial charge in [0.15, 0.2) is 5.82 Å². The van der Waals surface area contributed by atoms with Gasteiger partial charge in [0.1, 0.15) is 0 Å². The van der Waals surface area contributed by atoms with Crippen molar-refractivity contribution in [3.63, 3.8) is 0 Å². The quantitative estimate of drug-likeness (QED) is 0.137. The SMILES string of the molecule is CC1(C)c2ccccc2-c2ccc(-n3c4ccccc4c4cc(-c5ccc6c(c5)c5cc(-c7ccc8c(c7)c7ccccc7n8-c7ccc(-c8nc(-c9ccc(-c%10ccccc%10)cc9)cc(-c9ccc(-c%10ccccc%10)cc9)n8)cc7)ccc5n6-c5ccc6c(c5)C(C)(C)c5ccccc5-6)ccc43)cc21. The van der Waals surface area contributed by atoms with E-state index < -0.39 is 0 Å². The van der Waals surface area contributed by atoms with Crippen LogP contribution < -0.4 is 0 Å². The minimum atomic E-state index is -0.154. The van der Waals surface area contributed by atoms with Crippen LogP contribution in [0.4, 0.5) is 0 Å². The van der Waals surface area contributed by atoms with Crippen molar-refractivity contribution in [2.24, 2.45) is 0 Å². The van der Waals surface area contributed by atoms with Crippen LogP contribution in [0.3, 0.4) is 0 Å². The van der Waals surface area contributed by atoms with Crippen molar-refractivity contribution >= 4 is 65.4 Å². The van der Waals surface area contributed by atoms with Gasteiger partial charge in [-0.15, -0.1) is 0 Å². The minimum absolute atomic E-state index is 0.110. The third kappa shape index (κ3) is 9.48. The Hall–Kier alpha value is -13.2. The second-order valence-electron chi connectivity index (χ2n) is 29.7. The van der Waals surface area contributed by atoms with Gasteiger partial charge in [-0.1, -0.05) is 258 Å². The molecule has 0 N–H and O–H groups in total. The standard InChI is InChI=1S/C100H69N5/c1-99(2)86-27-15-11-23-76(86)78-49-47-74(59-88(78)99)104-93-30-18-14-26-81(93)83-56-70(42-52-95(83)104)72-44-54-97-85(58-72)84-57-71(43-53-96(84)105(97)75-48-50-79-77-24-12-16-28-87(77)100(3,4)89(79)60-75)69-41-51-94-82(55-69)80-25-13-17-29-92(80)103(94)73-45-39-68(40-46-73)98-101-90(66-35-31-64(32-36-66)62-19-7-5-8-20-62)61-91(102-98)67-37-33-65(34-38-67)63-21-9-6-10-22-63/h5-61H,1-4H3. The third-order valence-corrected chi connectivity index (χ3v) is 23.1. The van der Waals surface area contributed by atoms with E-state index in [4.69, 9.17) is 9.97 Å². The molecule has 0 atom stereocenters. The van der Waals surface area contributed by atoms with Crippen molar-refractivity contribution in [2.45, 2.75) is 38.5 Å². The van der Waals surface area contributed by atoms with Gasteiger partial charge in [0.25, 0.3) is 0 Å². The average molecular weight is 1340 g/mol. The van der Waals surface area contributed by atoms with Gasteiger partial charge in [-0.25, -0.2) is 9.97 Å². The minimum Gasteiger partial charge on any atom is -0.309 e. The van der Waals surface area contributed by atoms with Gasteiger partial charge < -0.3 is 13.7 Å². The molecular weight excluding hydrogens is 1270 g/mol. The molecule has 15 aromatic carbocycles. The summed E-state index contributed by atoms with van der Waals surface area (Å²) in [5, 5.41) is 7.28. The summed E-state index contributed by atoms with van der Waals surface area (Å²) in [7, 11) is 0. The van der Waals surface area contributed by atoms with Crippen LogP contribution in [-0.2, 0) is 10.8 Å². The second-order valence-corrected chi connectivity index (χ2v) is 29.7. The lowest BCUT2D eigenvalue weighted by molar-refractivity contribution is 0.660. The molecule has 0 spiro atoms. The molecule has 0 saturated carbocycles. The van der Waals surface area contributed by atoms with E-state index in [1.165, 1.54) is 127 Å². The van der Waals surface area contributed by atoms with Crippen molar-refractivity contribution in [3.05, 3.63) is 368 Å². The first kappa shape index (κ1) is 60.5. The lowest BCUT2D eigenvalue weighted by atomic mass is 9.82. The molecule has 2 aliphatic carbocycles. The first-order valence-corrected chi connectivity index (χ1v) is 36.5. The fraction of sp³-hybridized carbons (Fsp3) is 0.0600. The molecule has 5 nitrogen and oxygen atoms in total. The zero-order chi connectivity index (χ0) is 69.8. The fourth-order valence-corrected chi connectivity index (χ4v) is 17.7. The number of hydrogen-bond acceptors (Lipinski definition) is 2. The van der Waals surface area contributed by atoms with Gasteiger partial charge in [0.05, 0.1) is 44.5 Å². The summed E-state index contributed by atoms with van der Waals surface area (Å²) in [4.78, 5) is 10.6. The Morgan fingerprint density at radius 2 is 0.495 bits per heavy atom. The number of benzene rings is 15. The van der Waals surface area contributed by atoms with E-state index >= 15 is 0 Å². The van der Waals surface area contributed by atoms with Crippen LogP contribution in [0, 0.1) is 0 Å². The summed E-state index contributed by atoms with van der Waals surface area (Å²) < 4.78 is 7.38. The lowest BCUT2D eigenvalue weighted by Gasteiger charge is -2.22. The molecular formula is C100H69N5. The van der Waals surface area contributed by atoms with Crippen LogP contribution in [0.2, 0.25) is 0 Å². The van der Waals surface area contributed by atoms with Crippen LogP contribution in [0.15, 0.2) is 346 Å². The van der Waals surface area contributed by atoms with Crippen LogP contribution in [0.1, 0.15) is 49.9 Å². The molecule has 0 bridgehead atoms. The summed E-state index contributed by atoms with van der Waals surface area (Å²) >= 11 is 0. The number of aromatic nitrogens is 5. The third-order valence-electron chi connectivity index (χ3n) is 23.1. The maximum absolute atomic E-state index is 5.32. The average Bonchev–Trinajstić information content (AvgIpc) is 1.67. The highest BCUT2D eigenvalue weighted by Crippen LogP contribution is 2.52. The molecule has 19 aromatic rings. The molecule has 5 heteroatoms. The van der Waals surface area contributed by atoms with Crippen LogP contribution >= 0.6 is 0 Å². The highest BCUT2D eigenvalue weighted by atomic mass is 15.0. The van der Waals surface area contributed by atoms with Crippen molar-refractivity contribution in [2.75, 3.05) is 0 Å². The molecule has 0 radical (unpaired) electrons. The molecule has 21 rings (SSSR count). The Morgan fingerprint density at radius 3 is 0.914 bits per heavy atom. The van der Waals surface area contributed by atoms with Crippen LogP contribution in [-0.4, -0.2) is 23.7 Å². The molecule has 0 aliphatic heterocycles. The second kappa shape index (κ2) is 23.2. The number of fused-ring (bicyclic) bond motifs is 15. The Morgan fingerprint density at radius 1 is 0.200 bits per heavy atom. The highest BCUT2D eigenvalue weighted by molar-refractivity contribution is 6.15. The van der Waals surface area contributed by atoms with E-state index in [2.05, 4.69) is 387 Å². The van der Waals surface area contributed by atoms with E-state index in [1.807, 2.05) is 0 Å². The predicted octanol–water partition coefficient (Wildman–Crippen LogP) is 26.0. The zero-order valence-corrected chi connectivity index (χ0v) is 58.6. The maximum atomic E-state index is 5.32. The van der Waals surface area contributed by atoms with Gasteiger partial charge in [0.2, 0.25) is 0 Å². The molecule has 494 valence electrons. The van der Waals surface area contributed by atoms with E-state index in [-0.39, 0.29) is 10.8 Å². The number of para-hydroxylation sites is 2. The van der Waals surface area contributed by atoms with Gasteiger partial charge in [-0.3, -0.25) is 0 Å². The van der Waals surface area contributed by atoms with Crippen molar-refractivity contribution in [1.29, 1.82) is 0 Å². The van der Waals surface area contributed by atoms with Gasteiger partial charge >= 0.3 is 0 Å². The highest BCUT2D eigenvalue weighted by Gasteiger charge is 2.37. The smallest absolute Gasteiger partial charge is 0.160 e. The van der Waals surface area contributed by atoms with Crippen molar-refractivity contribution in [3.8, 4) is 118 Å². The summed E-state index contributed by atoms with van der Waals surface area (Å²) in [6.45, 7) is 9.49. The summed E-state index contributed by atoms with van der Waals surface area (Å²) in [5.74, 6) is 0.669. The molecule has 0 fully saturated rings. The Kier molecular flexibility index (Phi) is 13.3. The monoisotopic (exact) mass is 1340 g/mol. The van der Waals surface area contributed by atoms with Crippen molar-refractivity contribution in [1.82, 2.24) is 23.7 Å². The predicted molar refractivity (Wildman–Crippen MR) is 438 cm³/mol. The largest absolute Gasteiger partial charge is 0.309 e. The van der Waals surface area contributed by atoms with E-state index in [0.717, 1.165) is 72.7 Å². The first-order chi connectivity index (χ1) is 51.5. The normalized spacial score (nSPS) is 13.3. The van der Waals surface area contributed by atoms with E-state index in [0.29, 0.717) is 5.82 Å². The topological polar surface area (TPSA) is 40.6 Å². The molecule has 0 unspecified atom stereocenters. The number of hydrogen-bond donors (Lipinski definition) is 0. The van der Waals surface area contributed by atoms with Gasteiger partial charge in [-0.2, -0.15) is 0 Å². The van der Waals surface area contributed by atoms with E-state index in [1.54, 1.807) is 0 Å². The summed E-state index contributed by atoms with van der Waals surface area (Å²) in [5.41, 5.74) is 35.0. The van der Waals surface area contributed by atoms with Crippen LogP contribution in [0.5, 0.6) is 0 Å². The molecule has 105 heavy (non-hydrogen) atoms. The van der Waals surface area contributed by atoms with Gasteiger partial charge in [0, 0.05) is 76.9 Å².